The van der Waals surface area contributed by atoms with Crippen LogP contribution in [0, 0.1) is 13.8 Å². The van der Waals surface area contributed by atoms with Gasteiger partial charge in [0.05, 0.1) is 0 Å². The van der Waals surface area contributed by atoms with Gasteiger partial charge >= 0.3 is 0 Å². The summed E-state index contributed by atoms with van der Waals surface area (Å²) in [7, 11) is 4.11. The van der Waals surface area contributed by atoms with Crippen molar-refractivity contribution in [3.8, 4) is 0 Å². The first-order chi connectivity index (χ1) is 6.99. The summed E-state index contributed by atoms with van der Waals surface area (Å²) < 4.78 is 0. The topological polar surface area (TPSA) is 29.3 Å². The van der Waals surface area contributed by atoms with Gasteiger partial charge in [0, 0.05) is 12.6 Å². The summed E-state index contributed by atoms with van der Waals surface area (Å²) in [6.45, 7) is 5.22. The Morgan fingerprint density at radius 2 is 1.87 bits per heavy atom. The summed E-state index contributed by atoms with van der Waals surface area (Å²) in [6.07, 6.45) is 0.958. The van der Waals surface area contributed by atoms with Gasteiger partial charge in [-0.2, -0.15) is 0 Å². The molecular weight excluding hydrogens is 184 g/mol. The Morgan fingerprint density at radius 1 is 1.20 bits per heavy atom. The zero-order chi connectivity index (χ0) is 11.4. The van der Waals surface area contributed by atoms with Gasteiger partial charge in [0.25, 0.3) is 0 Å². The van der Waals surface area contributed by atoms with Crippen molar-refractivity contribution < 1.29 is 0 Å². The second-order valence-corrected chi connectivity index (χ2v) is 4.65. The van der Waals surface area contributed by atoms with Gasteiger partial charge in [-0.25, -0.2) is 0 Å². The maximum Gasteiger partial charge on any atom is 0.0208 e. The normalized spacial score (nSPS) is 13.2. The van der Waals surface area contributed by atoms with Gasteiger partial charge in [0.2, 0.25) is 0 Å². The number of hydrogen-bond acceptors (Lipinski definition) is 2. The van der Waals surface area contributed by atoms with E-state index in [1.165, 1.54) is 16.7 Å². The lowest BCUT2D eigenvalue weighted by Crippen LogP contribution is -2.34. The Bertz CT molecular complexity index is 318. The molecule has 1 unspecified atom stereocenters. The van der Waals surface area contributed by atoms with Crippen molar-refractivity contribution in [2.24, 2.45) is 5.73 Å². The number of hydrogen-bond donors (Lipinski definition) is 1. The molecule has 0 aliphatic heterocycles. The van der Waals surface area contributed by atoms with Crippen LogP contribution in [0.25, 0.3) is 0 Å². The number of nitrogens with two attached hydrogens (primary N) is 1. The van der Waals surface area contributed by atoms with Gasteiger partial charge in [0.1, 0.15) is 0 Å². The molecule has 84 valence electrons. The van der Waals surface area contributed by atoms with Crippen molar-refractivity contribution in [2.45, 2.75) is 26.3 Å². The smallest absolute Gasteiger partial charge is 0.0208 e. The number of aryl methyl sites for hydroxylation is 2. The van der Waals surface area contributed by atoms with Crippen molar-refractivity contribution in [1.29, 1.82) is 0 Å². The summed E-state index contributed by atoms with van der Waals surface area (Å²) in [4.78, 5) is 2.13. The quantitative estimate of drug-likeness (QED) is 0.813. The summed E-state index contributed by atoms with van der Waals surface area (Å²) in [6, 6.07) is 6.82. The number of rotatable bonds is 4. The standard InChI is InChI=1S/C13H22N2/c1-10-5-6-12(7-11(10)2)8-13(14)9-15(3)4/h5-7,13H,8-9,14H2,1-4H3. The van der Waals surface area contributed by atoms with E-state index in [2.05, 4.69) is 51.0 Å². The molecule has 0 bridgehead atoms. The monoisotopic (exact) mass is 206 g/mol. The maximum atomic E-state index is 6.05. The van der Waals surface area contributed by atoms with Crippen LogP contribution >= 0.6 is 0 Å². The number of likely N-dealkylation sites (N-methyl/N-ethyl adjacent to an activating group) is 1. The van der Waals surface area contributed by atoms with Gasteiger partial charge < -0.3 is 10.6 Å². The highest BCUT2D eigenvalue weighted by molar-refractivity contribution is 5.30. The van der Waals surface area contributed by atoms with Crippen molar-refractivity contribution >= 4 is 0 Å². The molecule has 1 rings (SSSR count). The van der Waals surface area contributed by atoms with E-state index in [0.717, 1.165) is 13.0 Å². The number of benzene rings is 1. The van der Waals surface area contributed by atoms with E-state index in [4.69, 9.17) is 5.73 Å². The minimum Gasteiger partial charge on any atom is -0.326 e. The van der Waals surface area contributed by atoms with Crippen LogP contribution in [0.3, 0.4) is 0 Å². The molecule has 2 heteroatoms. The zero-order valence-electron chi connectivity index (χ0n) is 10.2. The summed E-state index contributed by atoms with van der Waals surface area (Å²) >= 11 is 0. The van der Waals surface area contributed by atoms with Crippen molar-refractivity contribution in [3.63, 3.8) is 0 Å². The summed E-state index contributed by atoms with van der Waals surface area (Å²) in [5, 5.41) is 0. The Balaban J connectivity index is 2.60. The molecule has 1 aromatic rings. The Kier molecular flexibility index (Phi) is 4.30. The molecule has 0 aliphatic carbocycles. The summed E-state index contributed by atoms with van der Waals surface area (Å²) in [5.41, 5.74) is 10.1. The molecule has 0 heterocycles. The molecular formula is C13H22N2. The molecule has 0 saturated heterocycles. The third kappa shape index (κ3) is 4.02. The van der Waals surface area contributed by atoms with Crippen LogP contribution < -0.4 is 5.73 Å². The van der Waals surface area contributed by atoms with Crippen LogP contribution in [0.15, 0.2) is 18.2 Å². The molecule has 2 N–H and O–H groups in total. The lowest BCUT2D eigenvalue weighted by atomic mass is 10.0. The zero-order valence-corrected chi connectivity index (χ0v) is 10.2. The van der Waals surface area contributed by atoms with Crippen LogP contribution in [0.1, 0.15) is 16.7 Å². The van der Waals surface area contributed by atoms with Crippen molar-refractivity contribution in [2.75, 3.05) is 20.6 Å². The van der Waals surface area contributed by atoms with E-state index in [0.29, 0.717) is 0 Å². The Hall–Kier alpha value is -0.860. The third-order valence-corrected chi connectivity index (χ3v) is 2.67. The average Bonchev–Trinajstić information content (AvgIpc) is 2.10. The molecule has 0 fully saturated rings. The van der Waals surface area contributed by atoms with Gasteiger partial charge in [-0.3, -0.25) is 0 Å². The van der Waals surface area contributed by atoms with E-state index in [1.807, 2.05) is 0 Å². The second-order valence-electron chi connectivity index (χ2n) is 4.65. The minimum atomic E-state index is 0.224. The molecule has 15 heavy (non-hydrogen) atoms. The van der Waals surface area contributed by atoms with Gasteiger partial charge in [-0.1, -0.05) is 18.2 Å². The fourth-order valence-electron chi connectivity index (χ4n) is 1.77. The first-order valence-electron chi connectivity index (χ1n) is 5.45. The van der Waals surface area contributed by atoms with E-state index in [-0.39, 0.29) is 6.04 Å². The third-order valence-electron chi connectivity index (χ3n) is 2.67. The molecule has 0 aromatic heterocycles. The van der Waals surface area contributed by atoms with E-state index in [1.54, 1.807) is 0 Å². The first kappa shape index (κ1) is 12.2. The van der Waals surface area contributed by atoms with Gasteiger partial charge in [-0.15, -0.1) is 0 Å². The highest BCUT2D eigenvalue weighted by Crippen LogP contribution is 2.11. The van der Waals surface area contributed by atoms with Crippen molar-refractivity contribution in [1.82, 2.24) is 4.90 Å². The maximum absolute atomic E-state index is 6.05. The van der Waals surface area contributed by atoms with E-state index in [9.17, 15) is 0 Å². The SMILES string of the molecule is Cc1ccc(CC(N)CN(C)C)cc1C. The Morgan fingerprint density at radius 3 is 2.40 bits per heavy atom. The lowest BCUT2D eigenvalue weighted by Gasteiger charge is -2.17. The fourth-order valence-corrected chi connectivity index (χ4v) is 1.77. The predicted octanol–water partition coefficient (Wildman–Crippen LogP) is 1.73. The van der Waals surface area contributed by atoms with Crippen LogP contribution in [0.5, 0.6) is 0 Å². The number of nitrogens with zero attached hydrogens (tertiary/aromatic N) is 1. The molecule has 1 aromatic carbocycles. The first-order valence-corrected chi connectivity index (χ1v) is 5.45. The van der Waals surface area contributed by atoms with Gasteiger partial charge in [0.15, 0.2) is 0 Å². The molecule has 0 radical (unpaired) electrons. The molecule has 0 spiro atoms. The highest BCUT2D eigenvalue weighted by atomic mass is 15.1. The second kappa shape index (κ2) is 5.29. The van der Waals surface area contributed by atoms with E-state index >= 15 is 0 Å². The van der Waals surface area contributed by atoms with Crippen LogP contribution in [-0.2, 0) is 6.42 Å². The van der Waals surface area contributed by atoms with Crippen molar-refractivity contribution in [3.05, 3.63) is 34.9 Å². The van der Waals surface area contributed by atoms with E-state index < -0.39 is 0 Å². The average molecular weight is 206 g/mol. The van der Waals surface area contributed by atoms with Crippen LogP contribution in [0.2, 0.25) is 0 Å². The summed E-state index contributed by atoms with van der Waals surface area (Å²) in [5.74, 6) is 0. The van der Waals surface area contributed by atoms with Crippen LogP contribution in [0.4, 0.5) is 0 Å². The van der Waals surface area contributed by atoms with Gasteiger partial charge in [-0.05, 0) is 51.1 Å². The molecule has 1 atom stereocenters. The molecule has 0 amide bonds. The predicted molar refractivity (Wildman–Crippen MR) is 66.1 cm³/mol. The minimum absolute atomic E-state index is 0.224. The molecule has 0 saturated carbocycles. The highest BCUT2D eigenvalue weighted by Gasteiger charge is 2.05. The molecule has 0 aliphatic rings. The largest absolute Gasteiger partial charge is 0.326 e. The van der Waals surface area contributed by atoms with Crippen LogP contribution in [-0.4, -0.2) is 31.6 Å². The Labute approximate surface area is 93.1 Å². The lowest BCUT2D eigenvalue weighted by molar-refractivity contribution is 0.371. The fraction of sp³-hybridized carbons (Fsp3) is 0.538. The molecule has 2 nitrogen and oxygen atoms in total.